The van der Waals surface area contributed by atoms with Crippen molar-refractivity contribution in [2.45, 2.75) is 12.6 Å². The average molecular weight is 228 g/mol. The van der Waals surface area contributed by atoms with E-state index < -0.39 is 18.2 Å². The molecule has 0 fully saturated rings. The van der Waals surface area contributed by atoms with Crippen LogP contribution in [0, 0.1) is 0 Å². The molecule has 3 nitrogen and oxygen atoms in total. The number of benzene rings is 1. The first-order chi connectivity index (χ1) is 7.46. The van der Waals surface area contributed by atoms with Crippen molar-refractivity contribution >= 4 is 10.9 Å². The normalized spacial score (nSPS) is 11.9. The summed E-state index contributed by atoms with van der Waals surface area (Å²) in [6.07, 6.45) is -5.61. The van der Waals surface area contributed by atoms with E-state index in [0.29, 0.717) is 0 Å². The fourth-order valence-electron chi connectivity index (χ4n) is 1.41. The smallest absolute Gasteiger partial charge is 0.310 e. The summed E-state index contributed by atoms with van der Waals surface area (Å²) in [5.41, 5.74) is -0.282. The van der Waals surface area contributed by atoms with Gasteiger partial charge in [0.05, 0.1) is 10.9 Å². The fraction of sp³-hybridized carbons (Fsp3) is 0.200. The van der Waals surface area contributed by atoms with Crippen LogP contribution in [0.15, 0.2) is 29.1 Å². The van der Waals surface area contributed by atoms with Gasteiger partial charge in [-0.2, -0.15) is 13.2 Å². The third kappa shape index (κ3) is 2.21. The van der Waals surface area contributed by atoms with Crippen LogP contribution in [-0.2, 0) is 6.42 Å². The van der Waals surface area contributed by atoms with Gasteiger partial charge in [0.1, 0.15) is 12.2 Å². The Morgan fingerprint density at radius 2 is 1.94 bits per heavy atom. The second-order valence-electron chi connectivity index (χ2n) is 3.32. The summed E-state index contributed by atoms with van der Waals surface area (Å²) in [6, 6.07) is 6.26. The molecule has 0 radical (unpaired) electrons. The largest absolute Gasteiger partial charge is 0.396 e. The van der Waals surface area contributed by atoms with E-state index in [1.165, 1.54) is 12.1 Å². The number of aromatic amines is 1. The van der Waals surface area contributed by atoms with Crippen molar-refractivity contribution < 1.29 is 13.2 Å². The Morgan fingerprint density at radius 1 is 1.25 bits per heavy atom. The minimum atomic E-state index is -4.38. The summed E-state index contributed by atoms with van der Waals surface area (Å²) >= 11 is 0. The van der Waals surface area contributed by atoms with Gasteiger partial charge in [0, 0.05) is 0 Å². The fourth-order valence-corrected chi connectivity index (χ4v) is 1.41. The number of rotatable bonds is 1. The molecule has 0 aliphatic carbocycles. The molecule has 1 heterocycles. The Hall–Kier alpha value is -1.85. The monoisotopic (exact) mass is 228 g/mol. The number of hydrogen-bond acceptors (Lipinski definition) is 2. The second-order valence-corrected chi connectivity index (χ2v) is 3.32. The number of nitrogens with zero attached hydrogens (tertiary/aromatic N) is 1. The number of hydrogen-bond donors (Lipinski definition) is 1. The van der Waals surface area contributed by atoms with E-state index in [0.717, 1.165) is 0 Å². The van der Waals surface area contributed by atoms with Crippen molar-refractivity contribution in [3.8, 4) is 0 Å². The van der Waals surface area contributed by atoms with E-state index in [1.807, 2.05) is 0 Å². The molecule has 1 aromatic heterocycles. The highest BCUT2D eigenvalue weighted by molar-refractivity contribution is 5.77. The molecule has 1 N–H and O–H groups in total. The van der Waals surface area contributed by atoms with Gasteiger partial charge in [-0.3, -0.25) is 4.79 Å². The lowest BCUT2D eigenvalue weighted by molar-refractivity contribution is -0.128. The van der Waals surface area contributed by atoms with Gasteiger partial charge >= 0.3 is 6.18 Å². The molecule has 0 aliphatic heterocycles. The predicted molar refractivity (Wildman–Crippen MR) is 52.1 cm³/mol. The Labute approximate surface area is 87.9 Å². The summed E-state index contributed by atoms with van der Waals surface area (Å²) in [5.74, 6) is -0.365. The van der Waals surface area contributed by atoms with E-state index in [-0.39, 0.29) is 16.7 Å². The molecule has 0 saturated carbocycles. The topological polar surface area (TPSA) is 45.8 Å². The van der Waals surface area contributed by atoms with Gasteiger partial charge < -0.3 is 4.98 Å². The number of halogens is 3. The molecule has 2 aromatic rings. The highest BCUT2D eigenvalue weighted by Crippen LogP contribution is 2.19. The summed E-state index contributed by atoms with van der Waals surface area (Å²) in [4.78, 5) is 17.3. The van der Waals surface area contributed by atoms with Crippen molar-refractivity contribution in [1.29, 1.82) is 0 Å². The van der Waals surface area contributed by atoms with E-state index in [2.05, 4.69) is 9.97 Å². The summed E-state index contributed by atoms with van der Waals surface area (Å²) in [6.45, 7) is 0. The lowest BCUT2D eigenvalue weighted by Crippen LogP contribution is -2.19. The molecule has 0 saturated heterocycles. The first kappa shape index (κ1) is 10.7. The van der Waals surface area contributed by atoms with Gasteiger partial charge in [0.25, 0.3) is 5.56 Å². The van der Waals surface area contributed by atoms with Gasteiger partial charge in [-0.15, -0.1) is 0 Å². The van der Waals surface area contributed by atoms with E-state index in [4.69, 9.17) is 0 Å². The molecule has 0 aliphatic rings. The van der Waals surface area contributed by atoms with Crippen LogP contribution in [0.25, 0.3) is 10.9 Å². The number of nitrogens with one attached hydrogen (secondary N) is 1. The van der Waals surface area contributed by atoms with Crippen molar-refractivity contribution in [3.05, 3.63) is 40.4 Å². The molecular formula is C10H7F3N2O. The average Bonchev–Trinajstić information content (AvgIpc) is 2.15. The molecule has 0 atom stereocenters. The highest BCUT2D eigenvalue weighted by atomic mass is 19.4. The molecule has 6 heteroatoms. The maximum Gasteiger partial charge on any atom is 0.396 e. The Bertz CT molecular complexity index is 574. The van der Waals surface area contributed by atoms with Crippen molar-refractivity contribution in [2.24, 2.45) is 0 Å². The number of aromatic nitrogens is 2. The van der Waals surface area contributed by atoms with Gasteiger partial charge in [-0.05, 0) is 12.1 Å². The predicted octanol–water partition coefficient (Wildman–Crippen LogP) is 2.03. The van der Waals surface area contributed by atoms with Crippen LogP contribution in [-0.4, -0.2) is 16.1 Å². The van der Waals surface area contributed by atoms with Crippen LogP contribution in [0.3, 0.4) is 0 Å². The molecule has 84 valence electrons. The van der Waals surface area contributed by atoms with Gasteiger partial charge in [0.2, 0.25) is 0 Å². The third-order valence-electron chi connectivity index (χ3n) is 2.03. The molecule has 0 amide bonds. The minimum absolute atomic E-state index is 0.269. The molecule has 2 rings (SSSR count). The quantitative estimate of drug-likeness (QED) is 0.811. The molecule has 1 aromatic carbocycles. The van der Waals surface area contributed by atoms with Crippen LogP contribution in [0.1, 0.15) is 5.82 Å². The van der Waals surface area contributed by atoms with Crippen LogP contribution in [0.4, 0.5) is 13.2 Å². The lowest BCUT2D eigenvalue weighted by Gasteiger charge is -2.05. The molecule has 0 spiro atoms. The van der Waals surface area contributed by atoms with Gasteiger partial charge in [-0.25, -0.2) is 4.98 Å². The zero-order valence-corrected chi connectivity index (χ0v) is 8.01. The Balaban J connectivity index is 2.54. The van der Waals surface area contributed by atoms with E-state index >= 15 is 0 Å². The van der Waals surface area contributed by atoms with Gasteiger partial charge in [0.15, 0.2) is 0 Å². The Kier molecular flexibility index (Phi) is 2.41. The van der Waals surface area contributed by atoms with E-state index in [9.17, 15) is 18.0 Å². The molecule has 0 bridgehead atoms. The SMILES string of the molecule is O=c1[nH]c(CC(F)(F)F)nc2ccccc12. The van der Waals surface area contributed by atoms with Crippen LogP contribution < -0.4 is 5.56 Å². The van der Waals surface area contributed by atoms with Crippen molar-refractivity contribution in [2.75, 3.05) is 0 Å². The van der Waals surface area contributed by atoms with E-state index in [1.54, 1.807) is 12.1 Å². The summed E-state index contributed by atoms with van der Waals surface area (Å²) in [7, 11) is 0. The maximum atomic E-state index is 12.1. The lowest BCUT2D eigenvalue weighted by atomic mass is 10.2. The van der Waals surface area contributed by atoms with Crippen LogP contribution in [0.5, 0.6) is 0 Å². The first-order valence-electron chi connectivity index (χ1n) is 4.50. The number of para-hydroxylation sites is 1. The van der Waals surface area contributed by atoms with Crippen LogP contribution >= 0.6 is 0 Å². The maximum absolute atomic E-state index is 12.1. The third-order valence-corrected chi connectivity index (χ3v) is 2.03. The summed E-state index contributed by atoms with van der Waals surface area (Å²) in [5, 5.41) is 0.286. The van der Waals surface area contributed by atoms with Crippen LogP contribution in [0.2, 0.25) is 0 Å². The molecule has 0 unspecified atom stereocenters. The summed E-state index contributed by atoms with van der Waals surface area (Å²) < 4.78 is 36.3. The Morgan fingerprint density at radius 3 is 2.62 bits per heavy atom. The number of fused-ring (bicyclic) bond motifs is 1. The standard InChI is InChI=1S/C10H7F3N2O/c11-10(12,13)5-8-14-7-4-2-1-3-6(7)9(16)15-8/h1-4H,5H2,(H,14,15,16). The zero-order valence-electron chi connectivity index (χ0n) is 8.01. The number of H-pyrrole nitrogens is 1. The molecular weight excluding hydrogens is 221 g/mol. The minimum Gasteiger partial charge on any atom is -0.310 e. The second kappa shape index (κ2) is 3.62. The highest BCUT2D eigenvalue weighted by Gasteiger charge is 2.29. The number of alkyl halides is 3. The zero-order chi connectivity index (χ0) is 11.8. The van der Waals surface area contributed by atoms with Gasteiger partial charge in [-0.1, -0.05) is 12.1 Å². The first-order valence-corrected chi connectivity index (χ1v) is 4.50. The molecule has 16 heavy (non-hydrogen) atoms. The van der Waals surface area contributed by atoms with Crippen molar-refractivity contribution in [1.82, 2.24) is 9.97 Å². The van der Waals surface area contributed by atoms with Crippen molar-refractivity contribution in [3.63, 3.8) is 0 Å².